The van der Waals surface area contributed by atoms with Gasteiger partial charge < -0.3 is 10.6 Å². The van der Waals surface area contributed by atoms with E-state index < -0.39 is 0 Å². The number of thiazole rings is 1. The van der Waals surface area contributed by atoms with Crippen molar-refractivity contribution in [3.63, 3.8) is 0 Å². The van der Waals surface area contributed by atoms with E-state index in [1.807, 2.05) is 6.92 Å². The van der Waals surface area contributed by atoms with Gasteiger partial charge in [0.25, 0.3) is 0 Å². The number of hydrogen-bond acceptors (Lipinski definition) is 3. The fourth-order valence-electron chi connectivity index (χ4n) is 3.28. The van der Waals surface area contributed by atoms with Crippen molar-refractivity contribution in [3.8, 4) is 0 Å². The molecular formula is C17H27N3OS. The van der Waals surface area contributed by atoms with Crippen molar-refractivity contribution < 1.29 is 4.79 Å². The first-order valence-electron chi connectivity index (χ1n) is 8.57. The molecule has 0 bridgehead atoms. The summed E-state index contributed by atoms with van der Waals surface area (Å²) in [5, 5.41) is 9.54. The Balaban J connectivity index is 1.51. The van der Waals surface area contributed by atoms with E-state index in [4.69, 9.17) is 0 Å². The molecule has 0 saturated heterocycles. The summed E-state index contributed by atoms with van der Waals surface area (Å²) in [4.78, 5) is 16.9. The molecule has 2 aliphatic carbocycles. The van der Waals surface area contributed by atoms with Gasteiger partial charge in [0.2, 0.25) is 0 Å². The van der Waals surface area contributed by atoms with Crippen LogP contribution in [0.25, 0.3) is 0 Å². The summed E-state index contributed by atoms with van der Waals surface area (Å²) in [5.41, 5.74) is 0.993. The monoisotopic (exact) mass is 321 g/mol. The molecule has 22 heavy (non-hydrogen) atoms. The molecule has 0 aromatic carbocycles. The molecular weight excluding hydrogens is 294 g/mol. The summed E-state index contributed by atoms with van der Waals surface area (Å²) >= 11 is 1.73. The normalized spacial score (nSPS) is 29.9. The van der Waals surface area contributed by atoms with Gasteiger partial charge in [-0.25, -0.2) is 9.78 Å². The first-order valence-corrected chi connectivity index (χ1v) is 9.45. The molecule has 2 N–H and O–H groups in total. The minimum Gasteiger partial charge on any atom is -0.335 e. The maximum Gasteiger partial charge on any atom is 0.315 e. The van der Waals surface area contributed by atoms with Crippen LogP contribution in [-0.4, -0.2) is 17.1 Å². The van der Waals surface area contributed by atoms with Crippen molar-refractivity contribution in [3.05, 3.63) is 16.1 Å². The summed E-state index contributed by atoms with van der Waals surface area (Å²) in [6, 6.07) is 0.216. The highest BCUT2D eigenvalue weighted by Crippen LogP contribution is 2.41. The highest BCUT2D eigenvalue weighted by Gasteiger charge is 2.29. The summed E-state index contributed by atoms with van der Waals surface area (Å²) in [7, 11) is 0. The molecule has 4 nitrogen and oxygen atoms in total. The van der Waals surface area contributed by atoms with E-state index in [-0.39, 0.29) is 12.1 Å². The predicted octanol–water partition coefficient (Wildman–Crippen LogP) is 4.21. The van der Waals surface area contributed by atoms with Gasteiger partial charge in [-0.15, -0.1) is 11.3 Å². The van der Waals surface area contributed by atoms with Gasteiger partial charge >= 0.3 is 6.03 Å². The lowest BCUT2D eigenvalue weighted by Crippen LogP contribution is -2.48. The second-order valence-corrected chi connectivity index (χ2v) is 7.99. The van der Waals surface area contributed by atoms with Crippen molar-refractivity contribution in [2.75, 3.05) is 0 Å². The van der Waals surface area contributed by atoms with Crippen molar-refractivity contribution in [1.29, 1.82) is 0 Å². The van der Waals surface area contributed by atoms with Crippen molar-refractivity contribution in [2.24, 2.45) is 11.8 Å². The number of carbonyl (C=O) groups excluding carboxylic acids is 1. The Labute approximate surface area is 137 Å². The van der Waals surface area contributed by atoms with Crippen LogP contribution < -0.4 is 10.6 Å². The van der Waals surface area contributed by atoms with Gasteiger partial charge in [0.05, 0.1) is 16.7 Å². The lowest BCUT2D eigenvalue weighted by molar-refractivity contribution is 0.193. The Bertz CT molecular complexity index is 526. The molecule has 3 rings (SSSR count). The Morgan fingerprint density at radius 2 is 2.09 bits per heavy atom. The van der Waals surface area contributed by atoms with Crippen LogP contribution in [-0.2, 0) is 0 Å². The van der Waals surface area contributed by atoms with Gasteiger partial charge in [0.15, 0.2) is 0 Å². The number of aromatic nitrogens is 1. The molecule has 0 aliphatic heterocycles. The molecule has 5 heteroatoms. The minimum atomic E-state index is -0.0561. The molecule has 2 aliphatic rings. The van der Waals surface area contributed by atoms with Gasteiger partial charge in [-0.2, -0.15) is 0 Å². The third-order valence-electron chi connectivity index (χ3n) is 5.28. The molecule has 1 aromatic heterocycles. The van der Waals surface area contributed by atoms with E-state index in [2.05, 4.69) is 34.8 Å². The number of carbonyl (C=O) groups is 1. The Hall–Kier alpha value is -1.10. The van der Waals surface area contributed by atoms with E-state index in [1.54, 1.807) is 11.3 Å². The zero-order valence-corrected chi connectivity index (χ0v) is 14.6. The SMILES string of the molecule is C[C@H]1[C@@H](C)CCC[C@H]1NC(=O)N[C@@H](C)c1csc(C2CC2)n1. The second kappa shape index (κ2) is 6.57. The molecule has 0 unspecified atom stereocenters. The van der Waals surface area contributed by atoms with Gasteiger partial charge in [0.1, 0.15) is 0 Å². The van der Waals surface area contributed by atoms with Crippen LogP contribution >= 0.6 is 11.3 Å². The smallest absolute Gasteiger partial charge is 0.315 e. The summed E-state index contributed by atoms with van der Waals surface area (Å²) < 4.78 is 0. The van der Waals surface area contributed by atoms with Crippen LogP contribution in [0.3, 0.4) is 0 Å². The number of hydrogen-bond donors (Lipinski definition) is 2. The van der Waals surface area contributed by atoms with Crippen LogP contribution in [0.4, 0.5) is 4.79 Å². The van der Waals surface area contributed by atoms with Crippen LogP contribution in [0.1, 0.15) is 75.5 Å². The zero-order valence-electron chi connectivity index (χ0n) is 13.8. The third kappa shape index (κ3) is 3.62. The fraction of sp³-hybridized carbons (Fsp3) is 0.765. The quantitative estimate of drug-likeness (QED) is 0.873. The molecule has 1 heterocycles. The first kappa shape index (κ1) is 15.8. The highest BCUT2D eigenvalue weighted by molar-refractivity contribution is 7.09. The molecule has 4 atom stereocenters. The van der Waals surface area contributed by atoms with Gasteiger partial charge in [-0.1, -0.05) is 26.7 Å². The van der Waals surface area contributed by atoms with E-state index in [9.17, 15) is 4.79 Å². The Morgan fingerprint density at radius 3 is 2.82 bits per heavy atom. The topological polar surface area (TPSA) is 54.0 Å². The summed E-state index contributed by atoms with van der Waals surface area (Å²) in [6.07, 6.45) is 6.12. The molecule has 2 amide bonds. The average molecular weight is 321 g/mol. The van der Waals surface area contributed by atoms with Crippen molar-refractivity contribution in [1.82, 2.24) is 15.6 Å². The second-order valence-electron chi connectivity index (χ2n) is 7.10. The standard InChI is InChI=1S/C17H27N3OS/c1-10-5-4-6-14(11(10)2)20-17(21)18-12(3)15-9-22-16(19-15)13-7-8-13/h9-14H,4-8H2,1-3H3,(H2,18,20,21)/t10-,11-,12-,14+/m0/s1. The van der Waals surface area contributed by atoms with Gasteiger partial charge in [-0.3, -0.25) is 0 Å². The first-order chi connectivity index (χ1) is 10.5. The Kier molecular flexibility index (Phi) is 4.71. The van der Waals surface area contributed by atoms with E-state index in [0.29, 0.717) is 23.8 Å². The van der Waals surface area contributed by atoms with Crippen molar-refractivity contribution in [2.45, 2.75) is 70.9 Å². The number of rotatable bonds is 4. The van der Waals surface area contributed by atoms with E-state index in [1.165, 1.54) is 30.7 Å². The van der Waals surface area contributed by atoms with Gasteiger partial charge in [0, 0.05) is 17.3 Å². The van der Waals surface area contributed by atoms with Crippen LogP contribution in [0.15, 0.2) is 5.38 Å². The van der Waals surface area contributed by atoms with Gasteiger partial charge in [-0.05, 0) is 38.0 Å². The molecule has 1 aromatic rings. The summed E-state index contributed by atoms with van der Waals surface area (Å²) in [6.45, 7) is 6.55. The molecule has 0 spiro atoms. The lowest BCUT2D eigenvalue weighted by atomic mass is 9.78. The van der Waals surface area contributed by atoms with Crippen LogP contribution in [0.5, 0.6) is 0 Å². The number of nitrogens with one attached hydrogen (secondary N) is 2. The molecule has 2 fully saturated rings. The summed E-state index contributed by atoms with van der Waals surface area (Å²) in [5.74, 6) is 1.93. The van der Waals surface area contributed by atoms with Crippen molar-refractivity contribution >= 4 is 17.4 Å². The minimum absolute atomic E-state index is 0.0277. The third-order valence-corrected chi connectivity index (χ3v) is 6.31. The molecule has 2 saturated carbocycles. The Morgan fingerprint density at radius 1 is 1.32 bits per heavy atom. The molecule has 0 radical (unpaired) electrons. The fourth-order valence-corrected chi connectivity index (χ4v) is 4.37. The lowest BCUT2D eigenvalue weighted by Gasteiger charge is -2.34. The number of urea groups is 1. The highest BCUT2D eigenvalue weighted by atomic mass is 32.1. The van der Waals surface area contributed by atoms with Crippen LogP contribution in [0.2, 0.25) is 0 Å². The van der Waals surface area contributed by atoms with E-state index in [0.717, 1.165) is 12.1 Å². The maximum atomic E-state index is 12.3. The zero-order chi connectivity index (χ0) is 15.7. The molecule has 122 valence electrons. The van der Waals surface area contributed by atoms with Crippen LogP contribution in [0, 0.1) is 11.8 Å². The predicted molar refractivity (Wildman–Crippen MR) is 90.1 cm³/mol. The largest absolute Gasteiger partial charge is 0.335 e. The number of amides is 2. The maximum absolute atomic E-state index is 12.3. The average Bonchev–Trinajstić information content (AvgIpc) is 3.21. The van der Waals surface area contributed by atoms with E-state index >= 15 is 0 Å². The number of nitrogens with zero attached hydrogens (tertiary/aromatic N) is 1.